The van der Waals surface area contributed by atoms with Gasteiger partial charge in [-0.25, -0.2) is 4.79 Å². The number of anilines is 1. The average molecular weight is 544 g/mol. The predicted molar refractivity (Wildman–Crippen MR) is 137 cm³/mol. The van der Waals surface area contributed by atoms with Crippen LogP contribution in [0.2, 0.25) is 0 Å². The van der Waals surface area contributed by atoms with Gasteiger partial charge in [-0.1, -0.05) is 46.5 Å². The SMILES string of the molecule is CC(C)(C)P(=NC(=O)Nc1ccc(I)cc1)(N1CCCCCC1)N1CCCCCC1. The molecular formula is C23H38IN4OP. The molecule has 0 radical (unpaired) electrons. The third-order valence-corrected chi connectivity index (χ3v) is 11.5. The Kier molecular flexibility index (Phi) is 8.82. The van der Waals surface area contributed by atoms with E-state index in [1.165, 1.54) is 51.4 Å². The van der Waals surface area contributed by atoms with Crippen LogP contribution in [0.15, 0.2) is 29.0 Å². The first-order chi connectivity index (χ1) is 14.3. The zero-order valence-electron chi connectivity index (χ0n) is 18.9. The maximum Gasteiger partial charge on any atom is 0.346 e. The van der Waals surface area contributed by atoms with Gasteiger partial charge in [0.2, 0.25) is 0 Å². The highest BCUT2D eigenvalue weighted by atomic mass is 127. The number of rotatable bonds is 3. The molecule has 1 N–H and O–H groups in total. The summed E-state index contributed by atoms with van der Waals surface area (Å²) in [7, 11) is -2.21. The summed E-state index contributed by atoms with van der Waals surface area (Å²) in [6.45, 7) is 11.1. The van der Waals surface area contributed by atoms with E-state index in [0.717, 1.165) is 35.4 Å². The minimum Gasteiger partial charge on any atom is -0.306 e. The Labute approximate surface area is 196 Å². The van der Waals surface area contributed by atoms with Gasteiger partial charge in [0, 0.05) is 40.6 Å². The van der Waals surface area contributed by atoms with Crippen molar-refractivity contribution in [2.75, 3.05) is 31.5 Å². The van der Waals surface area contributed by atoms with Gasteiger partial charge in [-0.3, -0.25) is 9.34 Å². The van der Waals surface area contributed by atoms with E-state index in [1.807, 2.05) is 24.3 Å². The van der Waals surface area contributed by atoms with Gasteiger partial charge in [0.25, 0.3) is 0 Å². The summed E-state index contributed by atoms with van der Waals surface area (Å²) in [5.74, 6) is 0. The standard InChI is InChI=1S/C23H38IN4OP/c1-23(2,3)30(27-16-8-4-5-9-17-27,28-18-10-6-7-11-19-28)26-22(29)25-21-14-12-20(24)13-15-21/h12-15H,4-11,16-19H2,1-3H3,(H,25,29). The third-order valence-electron chi connectivity index (χ3n) is 6.18. The lowest BCUT2D eigenvalue weighted by molar-refractivity contribution is 0.259. The lowest BCUT2D eigenvalue weighted by Gasteiger charge is -2.50. The predicted octanol–water partition coefficient (Wildman–Crippen LogP) is 7.40. The monoisotopic (exact) mass is 544 g/mol. The van der Waals surface area contributed by atoms with E-state index in [4.69, 9.17) is 4.74 Å². The third kappa shape index (κ3) is 5.87. The topological polar surface area (TPSA) is 47.9 Å². The van der Waals surface area contributed by atoms with Crippen molar-refractivity contribution in [1.29, 1.82) is 0 Å². The molecule has 0 atom stereocenters. The van der Waals surface area contributed by atoms with Crippen LogP contribution in [0, 0.1) is 3.57 Å². The summed E-state index contributed by atoms with van der Waals surface area (Å²) >= 11 is 2.28. The first-order valence-electron chi connectivity index (χ1n) is 11.5. The highest BCUT2D eigenvalue weighted by Crippen LogP contribution is 2.66. The van der Waals surface area contributed by atoms with E-state index in [-0.39, 0.29) is 11.2 Å². The van der Waals surface area contributed by atoms with Gasteiger partial charge in [-0.05, 0) is 72.5 Å². The first-order valence-corrected chi connectivity index (χ1v) is 14.3. The lowest BCUT2D eigenvalue weighted by Crippen LogP contribution is -2.42. The molecule has 30 heavy (non-hydrogen) atoms. The highest BCUT2D eigenvalue weighted by Gasteiger charge is 2.45. The largest absolute Gasteiger partial charge is 0.346 e. The Morgan fingerprint density at radius 3 is 1.70 bits per heavy atom. The number of hydrogen-bond donors (Lipinski definition) is 1. The molecule has 2 saturated heterocycles. The van der Waals surface area contributed by atoms with Crippen LogP contribution in [-0.4, -0.2) is 46.7 Å². The first kappa shape index (κ1) is 24.2. The number of benzene rings is 1. The van der Waals surface area contributed by atoms with E-state index in [9.17, 15) is 4.79 Å². The average Bonchev–Trinajstić information content (AvgIpc) is 3.12. The summed E-state index contributed by atoms with van der Waals surface area (Å²) in [5, 5.41) is 2.99. The molecule has 3 rings (SSSR count). The minimum absolute atomic E-state index is 0.0783. The van der Waals surface area contributed by atoms with Crippen molar-refractivity contribution in [2.45, 2.75) is 77.3 Å². The minimum atomic E-state index is -2.21. The fraction of sp³-hybridized carbons (Fsp3) is 0.696. The van der Waals surface area contributed by atoms with Crippen molar-refractivity contribution in [3.63, 3.8) is 0 Å². The Morgan fingerprint density at radius 2 is 1.30 bits per heavy atom. The summed E-state index contributed by atoms with van der Waals surface area (Å²) in [6.07, 6.45) is 9.98. The number of nitrogens with zero attached hydrogens (tertiary/aromatic N) is 3. The molecule has 0 bridgehead atoms. The Morgan fingerprint density at radius 1 is 0.867 bits per heavy atom. The Balaban J connectivity index is 2.03. The second-order valence-electron chi connectivity index (χ2n) is 9.51. The quantitative estimate of drug-likeness (QED) is 0.319. The number of carbonyl (C=O) groups is 1. The van der Waals surface area contributed by atoms with Gasteiger partial charge in [-0.15, -0.1) is 0 Å². The van der Waals surface area contributed by atoms with Crippen LogP contribution in [0.5, 0.6) is 0 Å². The molecule has 2 heterocycles. The van der Waals surface area contributed by atoms with E-state index in [0.29, 0.717) is 0 Å². The van der Waals surface area contributed by atoms with E-state index in [2.05, 4.69) is 58.0 Å². The molecule has 0 saturated carbocycles. The van der Waals surface area contributed by atoms with E-state index < -0.39 is 7.36 Å². The van der Waals surface area contributed by atoms with Crippen molar-refractivity contribution >= 4 is 41.7 Å². The zero-order valence-corrected chi connectivity index (χ0v) is 21.9. The molecule has 2 aliphatic heterocycles. The van der Waals surface area contributed by atoms with Crippen LogP contribution in [0.3, 0.4) is 0 Å². The van der Waals surface area contributed by atoms with Crippen LogP contribution >= 0.6 is 29.9 Å². The normalized spacial score (nSPS) is 20.3. The van der Waals surface area contributed by atoms with Crippen molar-refractivity contribution in [3.05, 3.63) is 27.8 Å². The van der Waals surface area contributed by atoms with Crippen molar-refractivity contribution in [3.8, 4) is 0 Å². The summed E-state index contributed by atoms with van der Waals surface area (Å²) in [4.78, 5) is 13.3. The highest BCUT2D eigenvalue weighted by molar-refractivity contribution is 14.1. The van der Waals surface area contributed by atoms with E-state index in [1.54, 1.807) is 0 Å². The number of halogens is 1. The number of hydrogen-bond acceptors (Lipinski definition) is 1. The summed E-state index contributed by atoms with van der Waals surface area (Å²) in [5.41, 5.74) is 0.822. The van der Waals surface area contributed by atoms with Gasteiger partial charge >= 0.3 is 6.03 Å². The fourth-order valence-corrected chi connectivity index (χ4v) is 9.73. The molecule has 0 unspecified atom stereocenters. The summed E-state index contributed by atoms with van der Waals surface area (Å²) < 4.78 is 11.6. The lowest BCUT2D eigenvalue weighted by atomic mass is 10.2. The van der Waals surface area contributed by atoms with Crippen LogP contribution in [-0.2, 0) is 0 Å². The Bertz CT molecular complexity index is 719. The molecule has 5 nitrogen and oxygen atoms in total. The van der Waals surface area contributed by atoms with Gasteiger partial charge < -0.3 is 5.32 Å². The van der Waals surface area contributed by atoms with Crippen LogP contribution < -0.4 is 5.32 Å². The Hall–Kier alpha value is -0.430. The maximum atomic E-state index is 13.3. The second-order valence-corrected chi connectivity index (χ2v) is 14.6. The molecule has 1 aromatic rings. The molecule has 2 amide bonds. The molecule has 2 fully saturated rings. The molecule has 7 heteroatoms. The molecule has 168 valence electrons. The zero-order chi connectivity index (χ0) is 21.6. The number of nitrogens with one attached hydrogen (secondary N) is 1. The van der Waals surface area contributed by atoms with Crippen molar-refractivity contribution in [1.82, 2.24) is 9.34 Å². The maximum absolute atomic E-state index is 13.3. The number of amides is 2. The number of urea groups is 1. The molecule has 0 aliphatic carbocycles. The second kappa shape index (κ2) is 10.9. The number of carbonyl (C=O) groups excluding carboxylic acids is 1. The smallest absolute Gasteiger partial charge is 0.306 e. The van der Waals surface area contributed by atoms with Crippen molar-refractivity contribution < 1.29 is 4.79 Å². The molecule has 0 aromatic heterocycles. The molecule has 0 spiro atoms. The van der Waals surface area contributed by atoms with E-state index >= 15 is 0 Å². The summed E-state index contributed by atoms with van der Waals surface area (Å²) in [6, 6.07) is 7.78. The van der Waals surface area contributed by atoms with Gasteiger partial charge in [0.05, 0.1) is 0 Å². The van der Waals surface area contributed by atoms with Gasteiger partial charge in [0.15, 0.2) is 0 Å². The van der Waals surface area contributed by atoms with Crippen LogP contribution in [0.4, 0.5) is 10.5 Å². The molecule has 1 aromatic carbocycles. The fourth-order valence-electron chi connectivity index (χ4n) is 4.78. The van der Waals surface area contributed by atoms with Crippen molar-refractivity contribution in [2.24, 2.45) is 4.74 Å². The van der Waals surface area contributed by atoms with Gasteiger partial charge in [-0.2, -0.15) is 4.74 Å². The molecule has 2 aliphatic rings. The van der Waals surface area contributed by atoms with Crippen LogP contribution in [0.25, 0.3) is 0 Å². The van der Waals surface area contributed by atoms with Crippen LogP contribution in [0.1, 0.15) is 72.1 Å². The molecular weight excluding hydrogens is 506 g/mol. The van der Waals surface area contributed by atoms with Gasteiger partial charge in [0.1, 0.15) is 7.36 Å².